The molecule has 1 fully saturated rings. The van der Waals surface area contributed by atoms with Gasteiger partial charge < -0.3 is 13.9 Å². The number of esters is 1. The third kappa shape index (κ3) is 4.40. The predicted octanol–water partition coefficient (Wildman–Crippen LogP) is 5.03. The second-order valence-corrected chi connectivity index (χ2v) is 9.05. The summed E-state index contributed by atoms with van der Waals surface area (Å²) in [7, 11) is 0. The van der Waals surface area contributed by atoms with Gasteiger partial charge >= 0.3 is 17.7 Å². The van der Waals surface area contributed by atoms with Gasteiger partial charge in [-0.15, -0.1) is 0 Å². The van der Waals surface area contributed by atoms with Gasteiger partial charge in [-0.05, 0) is 55.7 Å². The van der Waals surface area contributed by atoms with Crippen LogP contribution in [0.2, 0.25) is 5.02 Å². The van der Waals surface area contributed by atoms with Crippen LogP contribution in [-0.2, 0) is 29.0 Å². The fourth-order valence-corrected chi connectivity index (χ4v) is 4.93. The second kappa shape index (κ2) is 9.50. The largest absolute Gasteiger partial charge is 0.445 e. The minimum absolute atomic E-state index is 0.0996. The molecule has 7 nitrogen and oxygen atoms in total. The van der Waals surface area contributed by atoms with Crippen LogP contribution < -0.4 is 10.4 Å². The Morgan fingerprint density at radius 3 is 2.62 bits per heavy atom. The minimum Gasteiger partial charge on any atom is -0.445 e. The normalized spacial score (nSPS) is 17.4. The van der Waals surface area contributed by atoms with E-state index < -0.39 is 18.1 Å². The quantitative estimate of drug-likeness (QED) is 0.295. The van der Waals surface area contributed by atoms with Gasteiger partial charge in [-0.3, -0.25) is 4.90 Å². The van der Waals surface area contributed by atoms with Crippen LogP contribution in [0.4, 0.5) is 4.79 Å². The Balaban J connectivity index is 1.33. The van der Waals surface area contributed by atoms with E-state index in [0.29, 0.717) is 37.0 Å². The van der Waals surface area contributed by atoms with Crippen LogP contribution in [0.3, 0.4) is 0 Å². The molecule has 1 amide bonds. The molecule has 8 heteroatoms. The molecule has 0 spiro atoms. The van der Waals surface area contributed by atoms with Crippen LogP contribution in [-0.4, -0.2) is 29.5 Å². The molecule has 0 radical (unpaired) electrons. The van der Waals surface area contributed by atoms with Gasteiger partial charge in [0.05, 0.1) is 5.02 Å². The van der Waals surface area contributed by atoms with E-state index in [4.69, 9.17) is 25.5 Å². The Kier molecular flexibility index (Phi) is 6.28. The van der Waals surface area contributed by atoms with Gasteiger partial charge in [0.25, 0.3) is 0 Å². The van der Waals surface area contributed by atoms with Gasteiger partial charge in [0.15, 0.2) is 5.75 Å². The highest BCUT2D eigenvalue weighted by molar-refractivity contribution is 6.33. The van der Waals surface area contributed by atoms with E-state index >= 15 is 0 Å². The van der Waals surface area contributed by atoms with Crippen molar-refractivity contribution >= 4 is 34.6 Å². The lowest BCUT2D eigenvalue weighted by atomic mass is 9.91. The lowest BCUT2D eigenvalue weighted by molar-refractivity contribution is -0.139. The zero-order valence-electron chi connectivity index (χ0n) is 18.6. The zero-order chi connectivity index (χ0) is 23.7. The van der Waals surface area contributed by atoms with E-state index in [-0.39, 0.29) is 23.0 Å². The highest BCUT2D eigenvalue weighted by Gasteiger charge is 2.37. The number of carbonyl (C=O) groups is 2. The number of likely N-dealkylation sites (tertiary alicyclic amines) is 1. The molecule has 1 saturated heterocycles. The number of carbonyl (C=O) groups excluding carboxylic acids is 2. The van der Waals surface area contributed by atoms with Gasteiger partial charge in [0, 0.05) is 23.6 Å². The first-order chi connectivity index (χ1) is 16.5. The Hall–Kier alpha value is -3.32. The topological polar surface area (TPSA) is 86.0 Å². The molecule has 1 aromatic heterocycles. The maximum Gasteiger partial charge on any atom is 0.410 e. The van der Waals surface area contributed by atoms with E-state index in [1.54, 1.807) is 6.07 Å². The van der Waals surface area contributed by atoms with Crippen LogP contribution >= 0.6 is 11.6 Å². The lowest BCUT2D eigenvalue weighted by Crippen LogP contribution is -2.42. The highest BCUT2D eigenvalue weighted by Crippen LogP contribution is 2.35. The summed E-state index contributed by atoms with van der Waals surface area (Å²) in [5.41, 5.74) is 2.50. The Morgan fingerprint density at radius 2 is 1.82 bits per heavy atom. The van der Waals surface area contributed by atoms with Crippen LogP contribution in [0.15, 0.2) is 51.7 Å². The molecule has 0 bridgehead atoms. The third-order valence-electron chi connectivity index (χ3n) is 6.45. The summed E-state index contributed by atoms with van der Waals surface area (Å²) in [6.07, 6.45) is 4.00. The molecular weight excluding hydrogens is 458 g/mol. The molecule has 5 rings (SSSR count). The van der Waals surface area contributed by atoms with Crippen molar-refractivity contribution < 1.29 is 23.5 Å². The van der Waals surface area contributed by atoms with Crippen molar-refractivity contribution in [3.63, 3.8) is 0 Å². The van der Waals surface area contributed by atoms with Crippen molar-refractivity contribution in [1.29, 1.82) is 0 Å². The van der Waals surface area contributed by atoms with E-state index in [9.17, 15) is 14.4 Å². The molecule has 2 heterocycles. The predicted molar refractivity (Wildman–Crippen MR) is 126 cm³/mol. The highest BCUT2D eigenvalue weighted by atomic mass is 35.5. The van der Waals surface area contributed by atoms with Crippen LogP contribution in [0.1, 0.15) is 42.4 Å². The standard InChI is InChI=1S/C26H24ClNO6/c27-20-13-19-17-9-4-5-10-18(17)24(29)33-22(19)14-23(20)34-25(30)21-11-6-12-28(21)26(31)32-15-16-7-2-1-3-8-16/h1-3,7-8,13-14,21H,4-6,9-12,15H2/t21-/m0/s1. The maximum atomic E-state index is 13.0. The zero-order valence-corrected chi connectivity index (χ0v) is 19.3. The molecule has 2 aromatic carbocycles. The summed E-state index contributed by atoms with van der Waals surface area (Å²) in [5, 5.41) is 1.02. The molecule has 1 aliphatic heterocycles. The van der Waals surface area contributed by atoms with E-state index in [1.165, 1.54) is 11.0 Å². The molecule has 176 valence electrons. The molecule has 0 unspecified atom stereocenters. The van der Waals surface area contributed by atoms with Crippen molar-refractivity contribution in [1.82, 2.24) is 4.90 Å². The van der Waals surface area contributed by atoms with Crippen molar-refractivity contribution in [2.75, 3.05) is 6.54 Å². The number of halogens is 1. The Bertz CT molecular complexity index is 1300. The minimum atomic E-state index is -0.773. The average Bonchev–Trinajstić information content (AvgIpc) is 3.35. The van der Waals surface area contributed by atoms with E-state index in [2.05, 4.69) is 0 Å². The molecular formula is C26H24ClNO6. The summed E-state index contributed by atoms with van der Waals surface area (Å²) in [6, 6.07) is 11.7. The smallest absolute Gasteiger partial charge is 0.410 e. The van der Waals surface area contributed by atoms with Crippen molar-refractivity contribution in [3.05, 3.63) is 74.6 Å². The number of benzene rings is 2. The molecule has 0 N–H and O–H groups in total. The molecule has 1 atom stereocenters. The number of rotatable bonds is 4. The number of nitrogens with zero attached hydrogens (tertiary/aromatic N) is 1. The van der Waals surface area contributed by atoms with Gasteiger partial charge in [-0.1, -0.05) is 41.9 Å². The van der Waals surface area contributed by atoms with Crippen LogP contribution in [0.5, 0.6) is 5.75 Å². The number of ether oxygens (including phenoxy) is 2. The van der Waals surface area contributed by atoms with Gasteiger partial charge in [0.2, 0.25) is 0 Å². The van der Waals surface area contributed by atoms with Crippen molar-refractivity contribution in [2.45, 2.75) is 51.2 Å². The molecule has 0 saturated carbocycles. The maximum absolute atomic E-state index is 13.0. The summed E-state index contributed by atoms with van der Waals surface area (Å²) in [5.74, 6) is -0.502. The second-order valence-electron chi connectivity index (χ2n) is 8.65. The summed E-state index contributed by atoms with van der Waals surface area (Å²) >= 11 is 6.45. The fraction of sp³-hybridized carbons (Fsp3) is 0.346. The van der Waals surface area contributed by atoms with E-state index in [1.807, 2.05) is 30.3 Å². The number of amides is 1. The molecule has 3 aromatic rings. The van der Waals surface area contributed by atoms with E-state index in [0.717, 1.165) is 35.8 Å². The fourth-order valence-electron chi connectivity index (χ4n) is 4.73. The lowest BCUT2D eigenvalue weighted by Gasteiger charge is -2.23. The van der Waals surface area contributed by atoms with Gasteiger partial charge in [0.1, 0.15) is 18.2 Å². The van der Waals surface area contributed by atoms with Crippen molar-refractivity contribution in [2.24, 2.45) is 0 Å². The van der Waals surface area contributed by atoms with Crippen LogP contribution in [0, 0.1) is 0 Å². The van der Waals surface area contributed by atoms with Gasteiger partial charge in [-0.2, -0.15) is 0 Å². The number of hydrogen-bond acceptors (Lipinski definition) is 6. The number of hydrogen-bond donors (Lipinski definition) is 0. The summed E-state index contributed by atoms with van der Waals surface area (Å²) in [6.45, 7) is 0.525. The van der Waals surface area contributed by atoms with Gasteiger partial charge in [-0.25, -0.2) is 14.4 Å². The first-order valence-corrected chi connectivity index (χ1v) is 11.9. The first kappa shape index (κ1) is 22.5. The number of aryl methyl sites for hydroxylation is 1. The molecule has 34 heavy (non-hydrogen) atoms. The van der Waals surface area contributed by atoms with Crippen LogP contribution in [0.25, 0.3) is 11.0 Å². The third-order valence-corrected chi connectivity index (χ3v) is 6.75. The molecule has 2 aliphatic rings. The average molecular weight is 482 g/mol. The summed E-state index contributed by atoms with van der Waals surface area (Å²) < 4.78 is 16.5. The Morgan fingerprint density at radius 1 is 1.06 bits per heavy atom. The summed E-state index contributed by atoms with van der Waals surface area (Å²) in [4.78, 5) is 39.4. The monoisotopic (exact) mass is 481 g/mol. The Labute approximate surface area is 201 Å². The first-order valence-electron chi connectivity index (χ1n) is 11.5. The molecule has 1 aliphatic carbocycles. The SMILES string of the molecule is O=C(Oc1cc2oc(=O)c3c(c2cc1Cl)CCCC3)[C@@H]1CCCN1C(=O)OCc1ccccc1. The van der Waals surface area contributed by atoms with Crippen molar-refractivity contribution in [3.8, 4) is 5.75 Å². The number of fused-ring (bicyclic) bond motifs is 3.